The third kappa shape index (κ3) is 21.1. The summed E-state index contributed by atoms with van der Waals surface area (Å²) in [4.78, 5) is 141. The Kier molecular flexibility index (Phi) is 24.9. The summed E-state index contributed by atoms with van der Waals surface area (Å²) >= 11 is 3.97. The fraction of sp³-hybridized carbons (Fsp3) is 0.595. The number of primary amides is 1. The van der Waals surface area contributed by atoms with E-state index in [9.17, 15) is 68.1 Å². The maximum Gasteiger partial charge on any atom is 0.326 e. The van der Waals surface area contributed by atoms with Gasteiger partial charge in [-0.25, -0.2) is 4.79 Å². The number of nitrogens with two attached hydrogens (primary N) is 2. The Balaban J connectivity index is 3.16. The minimum Gasteiger partial charge on any atom is -0.508 e. The van der Waals surface area contributed by atoms with Crippen LogP contribution >= 0.6 is 12.6 Å². The number of carbonyl (C=O) groups is 11. The third-order valence-electron chi connectivity index (χ3n) is 10.2. The largest absolute Gasteiger partial charge is 0.508 e. The molecule has 0 bridgehead atoms. The molecule has 24 nitrogen and oxygen atoms in total. The standard InChI is InChI=1S/C42H66N10O14S/c1-8-21(6)34(41(64)50-28(15-30(44)54)39(62)48-27(14-23-9-11-24(53)12-10-23)40(63)52-33(20(4)5)42(65)66)51-31(55)17-45-35(58)22(7)46-37(60)29(16-32(56)57)49-38(61)26(13-19(2)3)47-36(59)25(43)18-67/h9-12,19-22,25-29,33-34,53,67H,8,13-18,43H2,1-7H3,(H2,44,54)(H,45,58)(H,46,60)(H,47,59)(H,48,62)(H,49,61)(H,50,64)(H,51,55)(H,52,63)(H,56,57)(H,65,66)/t21-,22-,25-,26-,27-,28-,29-,33-,34-/m0/s1. The number of aliphatic carboxylic acids is 2. The van der Waals surface area contributed by atoms with Crippen molar-refractivity contribution in [3.05, 3.63) is 29.8 Å². The van der Waals surface area contributed by atoms with E-state index in [-0.39, 0.29) is 36.7 Å². The fourth-order valence-corrected chi connectivity index (χ4v) is 6.30. The minimum atomic E-state index is -1.71. The monoisotopic (exact) mass is 966 g/mol. The lowest BCUT2D eigenvalue weighted by atomic mass is 9.97. The minimum absolute atomic E-state index is 0.0326. The van der Waals surface area contributed by atoms with Crippen molar-refractivity contribution in [3.8, 4) is 5.75 Å². The van der Waals surface area contributed by atoms with Gasteiger partial charge in [0.15, 0.2) is 0 Å². The highest BCUT2D eigenvalue weighted by Crippen LogP contribution is 2.14. The van der Waals surface area contributed by atoms with Crippen LogP contribution in [0.4, 0.5) is 0 Å². The van der Waals surface area contributed by atoms with Gasteiger partial charge in [0.25, 0.3) is 0 Å². The van der Waals surface area contributed by atoms with E-state index >= 15 is 0 Å². The van der Waals surface area contributed by atoms with Crippen LogP contribution in [0.1, 0.15) is 79.7 Å². The van der Waals surface area contributed by atoms with E-state index in [1.165, 1.54) is 31.2 Å². The van der Waals surface area contributed by atoms with Gasteiger partial charge in [-0.2, -0.15) is 12.6 Å². The van der Waals surface area contributed by atoms with Crippen LogP contribution in [0.3, 0.4) is 0 Å². The topological polar surface area (TPSA) is 397 Å². The lowest BCUT2D eigenvalue weighted by Crippen LogP contribution is -2.60. The highest BCUT2D eigenvalue weighted by molar-refractivity contribution is 7.80. The summed E-state index contributed by atoms with van der Waals surface area (Å²) in [6, 6.07) is -5.71. The maximum atomic E-state index is 13.7. The molecule has 374 valence electrons. The average molecular weight is 967 g/mol. The summed E-state index contributed by atoms with van der Waals surface area (Å²) in [6.07, 6.45) is -1.51. The van der Waals surface area contributed by atoms with Crippen LogP contribution in [0.2, 0.25) is 0 Å². The highest BCUT2D eigenvalue weighted by Gasteiger charge is 2.35. The molecule has 9 atom stereocenters. The molecule has 15 N–H and O–H groups in total. The molecular formula is C42H66N10O14S. The van der Waals surface area contributed by atoms with Crippen molar-refractivity contribution >= 4 is 77.7 Å². The number of hydrogen-bond donors (Lipinski definition) is 14. The first-order valence-electron chi connectivity index (χ1n) is 21.5. The summed E-state index contributed by atoms with van der Waals surface area (Å²) < 4.78 is 0. The van der Waals surface area contributed by atoms with Crippen molar-refractivity contribution in [2.75, 3.05) is 12.3 Å². The van der Waals surface area contributed by atoms with Gasteiger partial charge in [-0.05, 0) is 48.8 Å². The molecule has 0 heterocycles. The predicted octanol–water partition coefficient (Wildman–Crippen LogP) is -3.10. The van der Waals surface area contributed by atoms with E-state index in [1.54, 1.807) is 41.5 Å². The number of carbonyl (C=O) groups excluding carboxylic acids is 9. The number of carboxylic acid groups (broad SMARTS) is 2. The Labute approximate surface area is 393 Å². The summed E-state index contributed by atoms with van der Waals surface area (Å²) in [5.41, 5.74) is 11.5. The van der Waals surface area contributed by atoms with E-state index < -0.39 is 145 Å². The number of amides is 9. The Hall–Kier alpha value is -6.50. The summed E-state index contributed by atoms with van der Waals surface area (Å²) in [7, 11) is 0. The number of phenolic OH excluding ortho intramolecular Hbond substituents is 1. The number of rotatable bonds is 29. The van der Waals surface area contributed by atoms with Crippen LogP contribution in [-0.2, 0) is 59.2 Å². The first kappa shape index (κ1) is 58.5. The van der Waals surface area contributed by atoms with Crippen LogP contribution in [-0.4, -0.2) is 141 Å². The van der Waals surface area contributed by atoms with E-state index in [1.807, 2.05) is 0 Å². The summed E-state index contributed by atoms with van der Waals surface area (Å²) in [5.74, 6) is -12.8. The second-order valence-electron chi connectivity index (χ2n) is 16.7. The molecule has 0 aliphatic carbocycles. The second-order valence-corrected chi connectivity index (χ2v) is 17.1. The molecule has 0 aliphatic heterocycles. The Morgan fingerprint density at radius 1 is 0.627 bits per heavy atom. The molecule has 25 heteroatoms. The molecule has 0 spiro atoms. The molecule has 0 unspecified atom stereocenters. The Bertz CT molecular complexity index is 1940. The van der Waals surface area contributed by atoms with E-state index in [0.29, 0.717) is 5.56 Å². The number of carboxylic acids is 2. The number of hydrogen-bond acceptors (Lipinski definition) is 14. The zero-order chi connectivity index (χ0) is 51.3. The van der Waals surface area contributed by atoms with Crippen LogP contribution in [0.15, 0.2) is 24.3 Å². The molecular weight excluding hydrogens is 901 g/mol. The van der Waals surface area contributed by atoms with Gasteiger partial charge >= 0.3 is 11.9 Å². The van der Waals surface area contributed by atoms with E-state index in [2.05, 4.69) is 55.2 Å². The first-order chi connectivity index (χ1) is 31.2. The fourth-order valence-electron chi connectivity index (χ4n) is 6.14. The van der Waals surface area contributed by atoms with Crippen molar-refractivity contribution in [2.24, 2.45) is 29.2 Å². The van der Waals surface area contributed by atoms with Crippen LogP contribution in [0, 0.1) is 17.8 Å². The van der Waals surface area contributed by atoms with Crippen molar-refractivity contribution < 1.29 is 68.1 Å². The quantitative estimate of drug-likeness (QED) is 0.0354. The maximum absolute atomic E-state index is 13.7. The SMILES string of the molecule is CC[C@H](C)[C@H](NC(=O)CNC(=O)[C@H](C)NC(=O)[C@H](CC(=O)O)NC(=O)[C@H](CC(C)C)NC(=O)[C@@H](N)CS)C(=O)N[C@@H](CC(N)=O)C(=O)N[C@@H](Cc1ccc(O)cc1)C(=O)N[C@H](C(=O)O)C(C)C. The highest BCUT2D eigenvalue weighted by atomic mass is 32.1. The molecule has 1 aromatic rings. The van der Waals surface area contributed by atoms with Crippen molar-refractivity contribution in [1.29, 1.82) is 0 Å². The average Bonchev–Trinajstić information content (AvgIpc) is 3.24. The molecule has 1 rings (SSSR count). The second kappa shape index (κ2) is 28.5. The third-order valence-corrected chi connectivity index (χ3v) is 10.5. The van der Waals surface area contributed by atoms with Gasteiger partial charge in [0, 0.05) is 12.2 Å². The van der Waals surface area contributed by atoms with Gasteiger partial charge in [-0.3, -0.25) is 47.9 Å². The lowest BCUT2D eigenvalue weighted by molar-refractivity contribution is -0.143. The van der Waals surface area contributed by atoms with E-state index in [0.717, 1.165) is 0 Å². The molecule has 0 saturated heterocycles. The van der Waals surface area contributed by atoms with E-state index in [4.69, 9.17) is 11.5 Å². The van der Waals surface area contributed by atoms with Crippen molar-refractivity contribution in [1.82, 2.24) is 42.5 Å². The predicted molar refractivity (Wildman–Crippen MR) is 243 cm³/mol. The number of nitrogens with one attached hydrogen (secondary N) is 8. The summed E-state index contributed by atoms with van der Waals surface area (Å²) in [5, 5.41) is 47.8. The first-order valence-corrected chi connectivity index (χ1v) is 22.1. The van der Waals surface area contributed by atoms with Gasteiger partial charge in [0.2, 0.25) is 53.2 Å². The zero-order valence-electron chi connectivity index (χ0n) is 38.5. The van der Waals surface area contributed by atoms with Crippen LogP contribution in [0.5, 0.6) is 5.75 Å². The molecule has 0 radical (unpaired) electrons. The van der Waals surface area contributed by atoms with Crippen molar-refractivity contribution in [2.45, 2.75) is 129 Å². The number of phenols is 1. The van der Waals surface area contributed by atoms with Gasteiger partial charge in [0.1, 0.15) is 48.0 Å². The number of benzene rings is 1. The van der Waals surface area contributed by atoms with Crippen LogP contribution in [0.25, 0.3) is 0 Å². The Morgan fingerprint density at radius 2 is 1.13 bits per heavy atom. The van der Waals surface area contributed by atoms with Gasteiger partial charge in [0.05, 0.1) is 25.4 Å². The number of aromatic hydroxyl groups is 1. The van der Waals surface area contributed by atoms with Gasteiger partial charge in [-0.15, -0.1) is 0 Å². The summed E-state index contributed by atoms with van der Waals surface area (Å²) in [6.45, 7) is 10.3. The molecule has 0 aliphatic rings. The normalized spacial score (nSPS) is 15.1. The zero-order valence-corrected chi connectivity index (χ0v) is 39.4. The van der Waals surface area contributed by atoms with Crippen LogP contribution < -0.4 is 54.0 Å². The molecule has 9 amide bonds. The molecule has 0 fully saturated rings. The van der Waals surface area contributed by atoms with Crippen molar-refractivity contribution in [3.63, 3.8) is 0 Å². The smallest absolute Gasteiger partial charge is 0.326 e. The number of thiol groups is 1. The Morgan fingerprint density at radius 3 is 1.64 bits per heavy atom. The lowest BCUT2D eigenvalue weighted by Gasteiger charge is -2.28. The molecule has 0 saturated carbocycles. The van der Waals surface area contributed by atoms with Gasteiger partial charge in [-0.1, -0.05) is 60.1 Å². The molecule has 0 aromatic heterocycles. The van der Waals surface area contributed by atoms with Gasteiger partial charge < -0.3 is 69.3 Å². The molecule has 1 aromatic carbocycles. The molecule has 67 heavy (non-hydrogen) atoms.